The molecule has 2 aromatic rings. The van der Waals surface area contributed by atoms with E-state index in [1.54, 1.807) is 12.1 Å². The van der Waals surface area contributed by atoms with Crippen LogP contribution in [-0.4, -0.2) is 15.0 Å². The van der Waals surface area contributed by atoms with E-state index >= 15 is 0 Å². The van der Waals surface area contributed by atoms with Gasteiger partial charge in [0.15, 0.2) is 5.82 Å². The first kappa shape index (κ1) is 14.0. The van der Waals surface area contributed by atoms with Gasteiger partial charge in [-0.1, -0.05) is 29.3 Å². The van der Waals surface area contributed by atoms with E-state index in [1.165, 1.54) is 6.20 Å². The van der Waals surface area contributed by atoms with Gasteiger partial charge >= 0.3 is 6.18 Å². The molecule has 0 aliphatic carbocycles. The molecule has 3 nitrogen and oxygen atoms in total. The van der Waals surface area contributed by atoms with Crippen molar-refractivity contribution in [3.63, 3.8) is 0 Å². The molecule has 0 fully saturated rings. The van der Waals surface area contributed by atoms with E-state index in [-0.39, 0.29) is 5.82 Å². The Morgan fingerprint density at radius 2 is 1.63 bits per heavy atom. The second-order valence-electron chi connectivity index (χ2n) is 3.72. The molecule has 0 aromatic carbocycles. The summed E-state index contributed by atoms with van der Waals surface area (Å²) >= 11 is 11.0. The lowest BCUT2D eigenvalue weighted by Gasteiger charge is -2.10. The smallest absolute Gasteiger partial charge is 0.253 e. The number of hydrogen-bond acceptors (Lipinski definition) is 3. The highest BCUT2D eigenvalue weighted by Crippen LogP contribution is 2.38. The zero-order valence-electron chi connectivity index (χ0n) is 9.46. The van der Waals surface area contributed by atoms with Crippen LogP contribution in [0.5, 0.6) is 0 Å². The van der Waals surface area contributed by atoms with Crippen molar-refractivity contribution in [2.45, 2.75) is 13.1 Å². The Kier molecular flexibility index (Phi) is 3.64. The minimum absolute atomic E-state index is 0.0528. The van der Waals surface area contributed by atoms with Crippen molar-refractivity contribution in [2.75, 3.05) is 0 Å². The van der Waals surface area contributed by atoms with E-state index in [9.17, 15) is 13.2 Å². The van der Waals surface area contributed by atoms with Crippen LogP contribution in [0.3, 0.4) is 0 Å². The summed E-state index contributed by atoms with van der Waals surface area (Å²) in [5.74, 6) is -0.0528. The average Bonchev–Trinajstić information content (AvgIpc) is 2.26. The highest BCUT2D eigenvalue weighted by atomic mass is 35.5. The number of alkyl halides is 3. The molecule has 0 unspecified atom stereocenters. The van der Waals surface area contributed by atoms with E-state index in [0.29, 0.717) is 5.69 Å². The van der Waals surface area contributed by atoms with Crippen LogP contribution in [0, 0.1) is 6.92 Å². The van der Waals surface area contributed by atoms with Crippen LogP contribution in [-0.2, 0) is 6.18 Å². The summed E-state index contributed by atoms with van der Waals surface area (Å²) in [5.41, 5.74) is -0.0531. The molecular formula is C11H6Cl2F3N3. The molecular weight excluding hydrogens is 302 g/mol. The third-order valence-corrected chi connectivity index (χ3v) is 2.79. The normalized spacial score (nSPS) is 11.7. The summed E-state index contributed by atoms with van der Waals surface area (Å²) in [7, 11) is 0. The zero-order chi connectivity index (χ0) is 14.2. The first-order valence-electron chi connectivity index (χ1n) is 5.02. The summed E-state index contributed by atoms with van der Waals surface area (Å²) < 4.78 is 37.9. The third kappa shape index (κ3) is 2.96. The minimum atomic E-state index is -4.70. The number of pyridine rings is 1. The molecule has 0 aliphatic heterocycles. The molecule has 100 valence electrons. The Balaban J connectivity index is 2.54. The molecule has 0 saturated carbocycles. The van der Waals surface area contributed by atoms with Crippen molar-refractivity contribution in [1.82, 2.24) is 15.0 Å². The average molecular weight is 308 g/mol. The van der Waals surface area contributed by atoms with Gasteiger partial charge in [-0.05, 0) is 18.6 Å². The summed E-state index contributed by atoms with van der Waals surface area (Å²) in [4.78, 5) is 11.2. The number of hydrogen-bond donors (Lipinski definition) is 0. The number of nitrogens with zero attached hydrogens (tertiary/aromatic N) is 3. The van der Waals surface area contributed by atoms with E-state index < -0.39 is 22.0 Å². The molecule has 0 bridgehead atoms. The lowest BCUT2D eigenvalue weighted by atomic mass is 10.2. The van der Waals surface area contributed by atoms with E-state index in [4.69, 9.17) is 23.2 Å². The molecule has 0 spiro atoms. The number of halogens is 5. The SMILES string of the molecule is Cc1ccc(-c2nc(Cl)c(C(F)(F)F)c(Cl)n2)nc1. The van der Waals surface area contributed by atoms with Gasteiger partial charge in [0.2, 0.25) is 0 Å². The van der Waals surface area contributed by atoms with Crippen LogP contribution in [0.25, 0.3) is 11.5 Å². The summed E-state index contributed by atoms with van der Waals surface area (Å²) in [6.07, 6.45) is -3.16. The van der Waals surface area contributed by atoms with E-state index in [1.807, 2.05) is 6.92 Å². The Morgan fingerprint density at radius 3 is 2.05 bits per heavy atom. The van der Waals surface area contributed by atoms with Gasteiger partial charge in [-0.3, -0.25) is 4.98 Å². The van der Waals surface area contributed by atoms with Gasteiger partial charge in [-0.2, -0.15) is 13.2 Å². The fraction of sp³-hybridized carbons (Fsp3) is 0.182. The fourth-order valence-electron chi connectivity index (χ4n) is 1.36. The molecule has 0 atom stereocenters. The van der Waals surface area contributed by atoms with Crippen LogP contribution in [0.2, 0.25) is 10.3 Å². The largest absolute Gasteiger partial charge is 0.422 e. The first-order chi connectivity index (χ1) is 8.79. The van der Waals surface area contributed by atoms with Crippen molar-refractivity contribution in [1.29, 1.82) is 0 Å². The maximum Gasteiger partial charge on any atom is 0.422 e. The van der Waals surface area contributed by atoms with E-state index in [0.717, 1.165) is 5.56 Å². The molecule has 0 amide bonds. The number of aryl methyl sites for hydroxylation is 1. The predicted octanol–water partition coefficient (Wildman–Crippen LogP) is 4.17. The number of aromatic nitrogens is 3. The van der Waals surface area contributed by atoms with Crippen molar-refractivity contribution in [3.8, 4) is 11.5 Å². The first-order valence-corrected chi connectivity index (χ1v) is 5.78. The lowest BCUT2D eigenvalue weighted by molar-refractivity contribution is -0.137. The predicted molar refractivity (Wildman–Crippen MR) is 65.0 cm³/mol. The Labute approximate surface area is 116 Å². The topological polar surface area (TPSA) is 38.7 Å². The second-order valence-corrected chi connectivity index (χ2v) is 4.44. The maximum absolute atomic E-state index is 12.6. The molecule has 0 N–H and O–H groups in total. The molecule has 8 heteroatoms. The monoisotopic (exact) mass is 307 g/mol. The van der Waals surface area contributed by atoms with Gasteiger partial charge < -0.3 is 0 Å². The van der Waals surface area contributed by atoms with Crippen LogP contribution in [0.4, 0.5) is 13.2 Å². The zero-order valence-corrected chi connectivity index (χ0v) is 11.0. The molecule has 2 heterocycles. The molecule has 2 rings (SSSR count). The van der Waals surface area contributed by atoms with Crippen LogP contribution in [0.1, 0.15) is 11.1 Å². The van der Waals surface area contributed by atoms with Gasteiger partial charge in [0.05, 0.1) is 0 Å². The van der Waals surface area contributed by atoms with E-state index in [2.05, 4.69) is 15.0 Å². The molecule has 0 saturated heterocycles. The Morgan fingerprint density at radius 1 is 1.05 bits per heavy atom. The van der Waals surface area contributed by atoms with Gasteiger partial charge in [0, 0.05) is 6.20 Å². The van der Waals surface area contributed by atoms with Crippen LogP contribution >= 0.6 is 23.2 Å². The standard InChI is InChI=1S/C11H6Cl2F3N3/c1-5-2-3-6(17-4-5)10-18-8(12)7(9(13)19-10)11(14,15)16/h2-4H,1H3. The molecule has 2 aromatic heterocycles. The Hall–Kier alpha value is -1.40. The van der Waals surface area contributed by atoms with Crippen molar-refractivity contribution in [2.24, 2.45) is 0 Å². The summed E-state index contributed by atoms with van der Waals surface area (Å²) in [6, 6.07) is 3.30. The van der Waals surface area contributed by atoms with Gasteiger partial charge in [-0.25, -0.2) is 9.97 Å². The minimum Gasteiger partial charge on any atom is -0.253 e. The van der Waals surface area contributed by atoms with Gasteiger partial charge in [0.1, 0.15) is 21.6 Å². The summed E-state index contributed by atoms with van der Waals surface area (Å²) in [6.45, 7) is 1.82. The molecule has 19 heavy (non-hydrogen) atoms. The molecule has 0 radical (unpaired) electrons. The van der Waals surface area contributed by atoms with Crippen molar-refractivity contribution in [3.05, 3.63) is 39.8 Å². The van der Waals surface area contributed by atoms with Crippen molar-refractivity contribution < 1.29 is 13.2 Å². The highest BCUT2D eigenvalue weighted by Gasteiger charge is 2.38. The Bertz CT molecular complexity index is 589. The lowest BCUT2D eigenvalue weighted by Crippen LogP contribution is -2.10. The third-order valence-electron chi connectivity index (χ3n) is 2.24. The fourth-order valence-corrected chi connectivity index (χ4v) is 1.96. The molecule has 0 aliphatic rings. The van der Waals surface area contributed by atoms with Crippen molar-refractivity contribution >= 4 is 23.2 Å². The van der Waals surface area contributed by atoms with Crippen LogP contribution < -0.4 is 0 Å². The second kappa shape index (κ2) is 4.94. The van der Waals surface area contributed by atoms with Crippen LogP contribution in [0.15, 0.2) is 18.3 Å². The number of rotatable bonds is 1. The summed E-state index contributed by atoms with van der Waals surface area (Å²) in [5, 5.41) is -1.49. The quantitative estimate of drug-likeness (QED) is 0.742. The van der Waals surface area contributed by atoms with Gasteiger partial charge in [0.25, 0.3) is 0 Å². The van der Waals surface area contributed by atoms with Gasteiger partial charge in [-0.15, -0.1) is 0 Å². The maximum atomic E-state index is 12.6. The highest BCUT2D eigenvalue weighted by molar-refractivity contribution is 6.34.